The maximum Gasteiger partial charge on any atom is 0.319 e. The molecule has 3 aromatic carbocycles. The van der Waals surface area contributed by atoms with Crippen molar-refractivity contribution in [2.75, 3.05) is 57.9 Å². The molecule has 53 heavy (non-hydrogen) atoms. The van der Waals surface area contributed by atoms with Crippen LogP contribution < -0.4 is 9.64 Å². The number of nitrogens with zero attached hydrogens (tertiary/aromatic N) is 7. The van der Waals surface area contributed by atoms with Gasteiger partial charge in [0.1, 0.15) is 41.2 Å². The number of aromatic nitrogens is 4. The highest BCUT2D eigenvalue weighted by Gasteiger charge is 2.49. The van der Waals surface area contributed by atoms with Crippen LogP contribution in [0.25, 0.3) is 43.7 Å². The van der Waals surface area contributed by atoms with Crippen molar-refractivity contribution < 1.29 is 27.8 Å². The number of hydrogen-bond donors (Lipinski definition) is 1. The van der Waals surface area contributed by atoms with Gasteiger partial charge in [0.05, 0.1) is 16.5 Å². The van der Waals surface area contributed by atoms with Crippen LogP contribution in [-0.2, 0) is 11.8 Å². The van der Waals surface area contributed by atoms with Gasteiger partial charge in [-0.25, -0.2) is 13.2 Å². The molecular formula is C40H42F3N7O3. The molecule has 6 heterocycles. The number of aromatic hydroxyl groups is 1. The molecule has 2 bridgehead atoms. The zero-order chi connectivity index (χ0) is 36.6. The Labute approximate surface area is 305 Å². The number of halogens is 3. The molecule has 4 atom stereocenters. The van der Waals surface area contributed by atoms with E-state index in [0.29, 0.717) is 47.1 Å². The highest BCUT2D eigenvalue weighted by Crippen LogP contribution is 2.47. The second-order valence-electron chi connectivity index (χ2n) is 15.2. The molecule has 0 unspecified atom stereocenters. The maximum absolute atomic E-state index is 17.7. The van der Waals surface area contributed by atoms with Gasteiger partial charge in [-0.15, -0.1) is 6.42 Å². The smallest absolute Gasteiger partial charge is 0.319 e. The van der Waals surface area contributed by atoms with E-state index in [1.54, 1.807) is 18.8 Å². The maximum atomic E-state index is 17.7. The topological polar surface area (TPSA) is 92.0 Å². The highest BCUT2D eigenvalue weighted by molar-refractivity contribution is 6.18. The number of phenols is 1. The van der Waals surface area contributed by atoms with Crippen LogP contribution >= 0.6 is 0 Å². The molecule has 0 amide bonds. The summed E-state index contributed by atoms with van der Waals surface area (Å²) in [4.78, 5) is 16.8. The first kappa shape index (κ1) is 34.1. The van der Waals surface area contributed by atoms with E-state index in [-0.39, 0.29) is 58.0 Å². The van der Waals surface area contributed by atoms with Gasteiger partial charge in [-0.2, -0.15) is 15.1 Å². The first-order chi connectivity index (χ1) is 25.7. The lowest BCUT2D eigenvalue weighted by atomic mass is 9.91. The third kappa shape index (κ3) is 5.56. The molecular weight excluding hydrogens is 683 g/mol. The molecule has 0 saturated carbocycles. The van der Waals surface area contributed by atoms with E-state index in [1.807, 2.05) is 6.20 Å². The number of hydrogen-bond acceptors (Lipinski definition) is 9. The number of alkyl halides is 1. The van der Waals surface area contributed by atoms with Crippen molar-refractivity contribution in [3.8, 4) is 35.2 Å². The Kier molecular flexibility index (Phi) is 8.40. The zero-order valence-electron chi connectivity index (χ0n) is 29.9. The second kappa shape index (κ2) is 13.0. The van der Waals surface area contributed by atoms with E-state index in [9.17, 15) is 9.50 Å². The van der Waals surface area contributed by atoms with Crippen LogP contribution in [0.15, 0.2) is 30.5 Å². The summed E-state index contributed by atoms with van der Waals surface area (Å²) in [5.41, 5.74) is 0.0567. The van der Waals surface area contributed by atoms with Crippen LogP contribution in [0.1, 0.15) is 44.1 Å². The van der Waals surface area contributed by atoms with Crippen molar-refractivity contribution >= 4 is 38.4 Å². The van der Waals surface area contributed by atoms with Gasteiger partial charge >= 0.3 is 6.01 Å². The molecule has 10 nitrogen and oxygen atoms in total. The molecule has 276 valence electrons. The van der Waals surface area contributed by atoms with Gasteiger partial charge < -0.3 is 19.5 Å². The molecule has 13 heteroatoms. The van der Waals surface area contributed by atoms with E-state index in [1.165, 1.54) is 24.3 Å². The van der Waals surface area contributed by atoms with Gasteiger partial charge in [-0.3, -0.25) is 14.5 Å². The number of rotatable bonds is 9. The van der Waals surface area contributed by atoms with E-state index in [2.05, 4.69) is 20.6 Å². The first-order valence-electron chi connectivity index (χ1n) is 18.5. The molecule has 4 aliphatic rings. The number of aryl methyl sites for hydroxylation is 1. The Morgan fingerprint density at radius 1 is 1.08 bits per heavy atom. The Morgan fingerprint density at radius 3 is 2.66 bits per heavy atom. The van der Waals surface area contributed by atoms with Gasteiger partial charge in [-0.1, -0.05) is 12.0 Å². The lowest BCUT2D eigenvalue weighted by molar-refractivity contribution is 0.107. The van der Waals surface area contributed by atoms with Crippen LogP contribution in [0.4, 0.5) is 19.0 Å². The van der Waals surface area contributed by atoms with Gasteiger partial charge in [0.25, 0.3) is 0 Å². The van der Waals surface area contributed by atoms with Crippen molar-refractivity contribution in [2.45, 2.75) is 62.3 Å². The van der Waals surface area contributed by atoms with Crippen LogP contribution in [0.5, 0.6) is 11.8 Å². The van der Waals surface area contributed by atoms with E-state index < -0.39 is 23.3 Å². The Hall–Kier alpha value is -4.64. The molecule has 4 aliphatic heterocycles. The summed E-state index contributed by atoms with van der Waals surface area (Å²) in [6.07, 6.45) is 11.7. The fourth-order valence-corrected chi connectivity index (χ4v) is 9.77. The quantitative estimate of drug-likeness (QED) is 0.146. The number of benzene rings is 3. The van der Waals surface area contributed by atoms with Gasteiger partial charge in [0.15, 0.2) is 5.82 Å². The molecule has 2 aromatic heterocycles. The molecule has 0 aliphatic carbocycles. The number of methoxy groups -OCH3 is 1. The number of piperazine rings is 1. The second-order valence-corrected chi connectivity index (χ2v) is 15.2. The molecule has 4 fully saturated rings. The summed E-state index contributed by atoms with van der Waals surface area (Å²) in [6.45, 7) is 4.63. The van der Waals surface area contributed by atoms with Crippen LogP contribution in [0.2, 0.25) is 0 Å². The summed E-state index contributed by atoms with van der Waals surface area (Å²) in [5.74, 6) is 1.53. The largest absolute Gasteiger partial charge is 0.508 e. The van der Waals surface area contributed by atoms with Crippen molar-refractivity contribution in [1.82, 2.24) is 29.5 Å². The Morgan fingerprint density at radius 2 is 1.89 bits per heavy atom. The van der Waals surface area contributed by atoms with Crippen LogP contribution in [0.3, 0.4) is 0 Å². The summed E-state index contributed by atoms with van der Waals surface area (Å²) in [6, 6.07) is 5.88. The number of likely N-dealkylation sites (tertiary alicyclic amines) is 1. The first-order valence-corrected chi connectivity index (χ1v) is 18.5. The van der Waals surface area contributed by atoms with Crippen LogP contribution in [-0.4, -0.2) is 111 Å². The molecule has 0 spiro atoms. The molecule has 9 rings (SSSR count). The third-order valence-electron chi connectivity index (χ3n) is 12.0. The third-order valence-corrected chi connectivity index (χ3v) is 12.0. The number of anilines is 1. The van der Waals surface area contributed by atoms with Gasteiger partial charge in [0, 0.05) is 88.0 Å². The summed E-state index contributed by atoms with van der Waals surface area (Å²) in [7, 11) is 3.47. The minimum absolute atomic E-state index is 0.0159. The standard InChI is InChI=1S/C40H42F3N7O3/c1-4-28-31(42)10-7-23-15-27(51)16-29(32(23)28)33-35(43)37-34(30-21-47(2)46-36(30)33)38(50-25-8-9-26(50)20-48(19-25)12-6-14-52-3)45-39(44-37)53-22-40-11-5-13-49(40)18-24(41)17-40/h1,7,10,15-16,21,24-26,51H,5-6,8-9,11-14,17-20,22H2,2-3H3/t24-,25-,26+,40+/m1/s1. The molecule has 5 aromatic rings. The fraction of sp³-hybridized carbons (Fsp3) is 0.475. The van der Waals surface area contributed by atoms with Crippen molar-refractivity contribution in [2.24, 2.45) is 7.05 Å². The normalized spacial score (nSPS) is 24.5. The van der Waals surface area contributed by atoms with Crippen LogP contribution in [0, 0.1) is 24.0 Å². The van der Waals surface area contributed by atoms with E-state index in [4.69, 9.17) is 31.0 Å². The van der Waals surface area contributed by atoms with Crippen molar-refractivity contribution in [3.63, 3.8) is 0 Å². The lowest BCUT2D eigenvalue weighted by Gasteiger charge is -2.42. The molecule has 4 saturated heterocycles. The monoisotopic (exact) mass is 725 g/mol. The summed E-state index contributed by atoms with van der Waals surface area (Å²) >= 11 is 0. The summed E-state index contributed by atoms with van der Waals surface area (Å²) < 4.78 is 61.1. The number of terminal acetylenes is 1. The predicted octanol–water partition coefficient (Wildman–Crippen LogP) is 5.95. The van der Waals surface area contributed by atoms with Gasteiger partial charge in [-0.05, 0) is 67.8 Å². The number of phenolic OH excluding ortho intramolecular Hbond substituents is 1. The summed E-state index contributed by atoms with van der Waals surface area (Å²) in [5, 5.41) is 17.5. The lowest BCUT2D eigenvalue weighted by Crippen LogP contribution is -2.54. The van der Waals surface area contributed by atoms with E-state index in [0.717, 1.165) is 58.3 Å². The molecule has 0 radical (unpaired) electrons. The Bertz CT molecular complexity index is 2300. The number of ether oxygens (including phenoxy) is 2. The number of fused-ring (bicyclic) bond motifs is 7. The van der Waals surface area contributed by atoms with E-state index >= 15 is 8.78 Å². The molecule has 1 N–H and O–H groups in total. The average Bonchev–Trinajstić information content (AvgIpc) is 3.86. The average molecular weight is 726 g/mol. The van der Waals surface area contributed by atoms with Gasteiger partial charge in [0.2, 0.25) is 0 Å². The minimum Gasteiger partial charge on any atom is -0.508 e. The Balaban J connectivity index is 1.26. The zero-order valence-corrected chi connectivity index (χ0v) is 29.9. The minimum atomic E-state index is -0.934. The SMILES string of the molecule is C#Cc1c(F)ccc2cc(O)cc(-c3c(F)c4nc(OC[C@@]56CCCN5C[C@H](F)C6)nc(N5[C@@H]6CC[C@H]5CN(CCCOC)C6)c4c4cn(C)nc34)c12. The predicted molar refractivity (Wildman–Crippen MR) is 197 cm³/mol. The highest BCUT2D eigenvalue weighted by atomic mass is 19.1. The van der Waals surface area contributed by atoms with Crippen molar-refractivity contribution in [1.29, 1.82) is 0 Å². The fourth-order valence-electron chi connectivity index (χ4n) is 9.77. The van der Waals surface area contributed by atoms with Crippen molar-refractivity contribution in [3.05, 3.63) is 47.7 Å².